The third kappa shape index (κ3) is 4.96. The molecule has 19 heavy (non-hydrogen) atoms. The first-order chi connectivity index (χ1) is 9.14. The number of rotatable bonds is 8. The minimum Gasteiger partial charge on any atom is -0.326 e. The van der Waals surface area contributed by atoms with Crippen molar-refractivity contribution in [3.05, 3.63) is 34.9 Å². The highest BCUT2D eigenvalue weighted by Crippen LogP contribution is 2.16. The van der Waals surface area contributed by atoms with Crippen LogP contribution < -0.4 is 5.73 Å². The number of nitrogens with zero attached hydrogens (tertiary/aromatic N) is 1. The first-order valence-corrected chi connectivity index (χ1v) is 7.65. The van der Waals surface area contributed by atoms with Crippen molar-refractivity contribution >= 4 is 0 Å². The van der Waals surface area contributed by atoms with E-state index in [0.717, 1.165) is 19.0 Å². The summed E-state index contributed by atoms with van der Waals surface area (Å²) < 4.78 is 0. The second-order valence-corrected chi connectivity index (χ2v) is 5.48. The summed E-state index contributed by atoms with van der Waals surface area (Å²) >= 11 is 0. The molecule has 0 unspecified atom stereocenters. The van der Waals surface area contributed by atoms with E-state index >= 15 is 0 Å². The first kappa shape index (κ1) is 16.2. The molecule has 2 heteroatoms. The second kappa shape index (κ2) is 8.34. The van der Waals surface area contributed by atoms with Crippen LogP contribution in [0.2, 0.25) is 0 Å². The lowest BCUT2D eigenvalue weighted by molar-refractivity contribution is 0.226. The van der Waals surface area contributed by atoms with Gasteiger partial charge in [0.25, 0.3) is 0 Å². The normalized spacial score (nSPS) is 11.5. The van der Waals surface area contributed by atoms with Crippen LogP contribution in [0.25, 0.3) is 0 Å². The largest absolute Gasteiger partial charge is 0.326 e. The lowest BCUT2D eigenvalue weighted by Gasteiger charge is -2.26. The SMILES string of the molecule is CCC(CC)CN(CC)Cc1ccc(CN)cc1C. The van der Waals surface area contributed by atoms with Gasteiger partial charge in [-0.25, -0.2) is 0 Å². The van der Waals surface area contributed by atoms with Crippen LogP contribution in [-0.4, -0.2) is 18.0 Å². The van der Waals surface area contributed by atoms with Crippen LogP contribution in [0, 0.1) is 12.8 Å². The molecular weight excluding hydrogens is 232 g/mol. The Balaban J connectivity index is 2.70. The highest BCUT2D eigenvalue weighted by Gasteiger charge is 2.11. The van der Waals surface area contributed by atoms with Gasteiger partial charge >= 0.3 is 0 Å². The van der Waals surface area contributed by atoms with Gasteiger partial charge in [-0.2, -0.15) is 0 Å². The summed E-state index contributed by atoms with van der Waals surface area (Å²) in [5.74, 6) is 0.823. The van der Waals surface area contributed by atoms with Crippen molar-refractivity contribution in [2.24, 2.45) is 11.7 Å². The van der Waals surface area contributed by atoms with Crippen LogP contribution in [0.15, 0.2) is 18.2 Å². The average molecular weight is 262 g/mol. The first-order valence-electron chi connectivity index (χ1n) is 7.65. The van der Waals surface area contributed by atoms with Crippen molar-refractivity contribution < 1.29 is 0 Å². The lowest BCUT2D eigenvalue weighted by atomic mass is 10.0. The highest BCUT2D eigenvalue weighted by molar-refractivity contribution is 5.30. The van der Waals surface area contributed by atoms with E-state index in [0.29, 0.717) is 6.54 Å². The zero-order chi connectivity index (χ0) is 14.3. The Morgan fingerprint density at radius 1 is 1.16 bits per heavy atom. The van der Waals surface area contributed by atoms with Gasteiger partial charge in [-0.3, -0.25) is 4.90 Å². The molecule has 0 bridgehead atoms. The number of nitrogens with two attached hydrogens (primary N) is 1. The summed E-state index contributed by atoms with van der Waals surface area (Å²) in [4.78, 5) is 2.56. The number of hydrogen-bond acceptors (Lipinski definition) is 2. The molecule has 1 aromatic carbocycles. The maximum Gasteiger partial charge on any atom is 0.0236 e. The quantitative estimate of drug-likeness (QED) is 0.774. The third-order valence-electron chi connectivity index (χ3n) is 4.15. The Labute approximate surface area is 119 Å². The number of benzene rings is 1. The monoisotopic (exact) mass is 262 g/mol. The summed E-state index contributed by atoms with van der Waals surface area (Å²) in [7, 11) is 0. The summed E-state index contributed by atoms with van der Waals surface area (Å²) in [5, 5.41) is 0. The molecule has 108 valence electrons. The zero-order valence-electron chi connectivity index (χ0n) is 13.1. The summed E-state index contributed by atoms with van der Waals surface area (Å²) in [5.41, 5.74) is 9.72. The third-order valence-corrected chi connectivity index (χ3v) is 4.15. The van der Waals surface area contributed by atoms with Gasteiger partial charge in [0.15, 0.2) is 0 Å². The maximum atomic E-state index is 5.69. The fourth-order valence-electron chi connectivity index (χ4n) is 2.52. The van der Waals surface area contributed by atoms with Gasteiger partial charge in [0, 0.05) is 19.6 Å². The summed E-state index contributed by atoms with van der Waals surface area (Å²) in [6, 6.07) is 6.63. The van der Waals surface area contributed by atoms with Gasteiger partial charge in [0.1, 0.15) is 0 Å². The Kier molecular flexibility index (Phi) is 7.11. The van der Waals surface area contributed by atoms with Gasteiger partial charge in [-0.15, -0.1) is 0 Å². The molecule has 0 spiro atoms. The average Bonchev–Trinajstić information content (AvgIpc) is 2.44. The van der Waals surface area contributed by atoms with Gasteiger partial charge in [-0.05, 0) is 36.1 Å². The van der Waals surface area contributed by atoms with E-state index in [1.54, 1.807) is 0 Å². The number of aryl methyl sites for hydroxylation is 1. The van der Waals surface area contributed by atoms with E-state index in [2.05, 4.69) is 50.8 Å². The van der Waals surface area contributed by atoms with E-state index in [1.165, 1.54) is 36.1 Å². The van der Waals surface area contributed by atoms with Crippen molar-refractivity contribution in [1.82, 2.24) is 4.90 Å². The van der Waals surface area contributed by atoms with Gasteiger partial charge < -0.3 is 5.73 Å². The minimum atomic E-state index is 0.631. The highest BCUT2D eigenvalue weighted by atomic mass is 15.1. The molecule has 0 saturated carbocycles. The van der Waals surface area contributed by atoms with Crippen LogP contribution in [-0.2, 0) is 13.1 Å². The van der Waals surface area contributed by atoms with Crippen LogP contribution in [0.1, 0.15) is 50.3 Å². The molecule has 2 N–H and O–H groups in total. The van der Waals surface area contributed by atoms with Gasteiger partial charge in [-0.1, -0.05) is 51.8 Å². The molecule has 1 aromatic rings. The predicted molar refractivity (Wildman–Crippen MR) is 84.1 cm³/mol. The molecule has 0 aliphatic heterocycles. The van der Waals surface area contributed by atoms with E-state index in [9.17, 15) is 0 Å². The van der Waals surface area contributed by atoms with Crippen molar-refractivity contribution in [1.29, 1.82) is 0 Å². The standard InChI is InChI=1S/C17H30N2/c1-5-15(6-2)12-19(7-3)13-17-9-8-16(11-18)10-14(17)4/h8-10,15H,5-7,11-13,18H2,1-4H3. The van der Waals surface area contributed by atoms with Gasteiger partial charge in [0.2, 0.25) is 0 Å². The smallest absolute Gasteiger partial charge is 0.0236 e. The molecule has 0 fully saturated rings. The van der Waals surface area contributed by atoms with Crippen LogP contribution in [0.4, 0.5) is 0 Å². The van der Waals surface area contributed by atoms with Crippen LogP contribution in [0.3, 0.4) is 0 Å². The Hall–Kier alpha value is -0.860. The van der Waals surface area contributed by atoms with Crippen LogP contribution >= 0.6 is 0 Å². The topological polar surface area (TPSA) is 29.3 Å². The molecule has 0 atom stereocenters. The molecule has 0 amide bonds. The van der Waals surface area contributed by atoms with Crippen molar-refractivity contribution in [3.8, 4) is 0 Å². The Morgan fingerprint density at radius 3 is 2.32 bits per heavy atom. The van der Waals surface area contributed by atoms with E-state index in [4.69, 9.17) is 5.73 Å². The van der Waals surface area contributed by atoms with Crippen molar-refractivity contribution in [3.63, 3.8) is 0 Å². The Bertz CT molecular complexity index is 370. The molecule has 0 aromatic heterocycles. The molecule has 0 heterocycles. The van der Waals surface area contributed by atoms with E-state index < -0.39 is 0 Å². The lowest BCUT2D eigenvalue weighted by Crippen LogP contribution is -2.29. The fourth-order valence-corrected chi connectivity index (χ4v) is 2.52. The molecule has 0 saturated heterocycles. The molecule has 0 radical (unpaired) electrons. The fraction of sp³-hybridized carbons (Fsp3) is 0.647. The van der Waals surface area contributed by atoms with E-state index in [1.807, 2.05) is 0 Å². The van der Waals surface area contributed by atoms with E-state index in [-0.39, 0.29) is 0 Å². The summed E-state index contributed by atoms with van der Waals surface area (Å²) in [6.45, 7) is 13.1. The summed E-state index contributed by atoms with van der Waals surface area (Å²) in [6.07, 6.45) is 2.55. The van der Waals surface area contributed by atoms with Gasteiger partial charge in [0.05, 0.1) is 0 Å². The molecule has 0 aliphatic carbocycles. The minimum absolute atomic E-state index is 0.631. The Morgan fingerprint density at radius 2 is 1.84 bits per heavy atom. The zero-order valence-corrected chi connectivity index (χ0v) is 13.1. The van der Waals surface area contributed by atoms with Crippen LogP contribution in [0.5, 0.6) is 0 Å². The maximum absolute atomic E-state index is 5.69. The molecular formula is C17H30N2. The second-order valence-electron chi connectivity index (χ2n) is 5.48. The molecule has 0 aliphatic rings. The molecule has 2 nitrogen and oxygen atoms in total. The molecule has 1 rings (SSSR count). The number of hydrogen-bond donors (Lipinski definition) is 1. The van der Waals surface area contributed by atoms with Crippen molar-refractivity contribution in [2.45, 2.75) is 53.6 Å². The predicted octanol–water partition coefficient (Wildman–Crippen LogP) is 3.71. The van der Waals surface area contributed by atoms with Crippen molar-refractivity contribution in [2.75, 3.05) is 13.1 Å².